The first kappa shape index (κ1) is 32.8. The van der Waals surface area contributed by atoms with E-state index in [9.17, 15) is 19.2 Å². The molecule has 9 nitrogen and oxygen atoms in total. The number of carbonyl (C=O) groups is 4. The smallest absolute Gasteiger partial charge is 0.329 e. The molecule has 35 heavy (non-hydrogen) atoms. The molecule has 3 N–H and O–H groups in total. The van der Waals surface area contributed by atoms with Gasteiger partial charge in [-0.2, -0.15) is 0 Å². The molecule has 0 aliphatic heterocycles. The number of ether oxygens (including phenoxy) is 2. The van der Waals surface area contributed by atoms with E-state index in [0.717, 1.165) is 0 Å². The summed E-state index contributed by atoms with van der Waals surface area (Å²) < 4.78 is 11.0. The zero-order valence-corrected chi connectivity index (χ0v) is 23.6. The molecule has 0 unspecified atom stereocenters. The Hall–Kier alpha value is -2.16. The first-order chi connectivity index (χ1) is 15.8. The lowest BCUT2D eigenvalue weighted by Gasteiger charge is -2.31. The van der Waals surface area contributed by atoms with Gasteiger partial charge in [0.05, 0.1) is 0 Å². The molecular weight excluding hydrogens is 450 g/mol. The lowest BCUT2D eigenvalue weighted by atomic mass is 9.88. The number of hydrogen-bond donors (Lipinski definition) is 2. The fourth-order valence-corrected chi connectivity index (χ4v) is 3.32. The number of nitrogens with one attached hydrogen (secondary N) is 1. The maximum Gasteiger partial charge on any atom is 0.329 e. The third kappa shape index (κ3) is 15.4. The summed E-state index contributed by atoms with van der Waals surface area (Å²) in [5.41, 5.74) is 3.94. The van der Waals surface area contributed by atoms with E-state index in [2.05, 4.69) is 5.32 Å². The largest absolute Gasteiger partial charge is 0.458 e. The minimum absolute atomic E-state index is 0.00192. The van der Waals surface area contributed by atoms with Crippen LogP contribution in [0.4, 0.5) is 4.79 Å². The van der Waals surface area contributed by atoms with Crippen LogP contribution in [-0.2, 0) is 23.9 Å². The Morgan fingerprint density at radius 2 is 1.34 bits per heavy atom. The first-order valence-electron chi connectivity index (χ1n) is 12.5. The fourth-order valence-electron chi connectivity index (χ4n) is 3.32. The summed E-state index contributed by atoms with van der Waals surface area (Å²) in [5.74, 6) is -1.15. The molecule has 0 aliphatic carbocycles. The van der Waals surface area contributed by atoms with E-state index in [1.807, 2.05) is 20.8 Å². The minimum Gasteiger partial charge on any atom is -0.458 e. The molecule has 0 aliphatic rings. The molecule has 0 bridgehead atoms. The monoisotopic (exact) mass is 499 g/mol. The topological polar surface area (TPSA) is 128 Å². The highest BCUT2D eigenvalue weighted by Crippen LogP contribution is 2.21. The van der Waals surface area contributed by atoms with Crippen molar-refractivity contribution in [3.63, 3.8) is 0 Å². The van der Waals surface area contributed by atoms with Gasteiger partial charge in [0.25, 0.3) is 0 Å². The summed E-state index contributed by atoms with van der Waals surface area (Å²) in [4.78, 5) is 52.5. The van der Waals surface area contributed by atoms with Gasteiger partial charge < -0.3 is 25.4 Å². The zero-order valence-electron chi connectivity index (χ0n) is 23.6. The maximum absolute atomic E-state index is 13.1. The van der Waals surface area contributed by atoms with Crippen LogP contribution < -0.4 is 11.1 Å². The number of amides is 2. The van der Waals surface area contributed by atoms with Gasteiger partial charge in [-0.15, -0.1) is 0 Å². The Morgan fingerprint density at radius 3 is 1.80 bits per heavy atom. The number of likely N-dealkylation sites (N-methyl/N-ethyl adjacent to an activating group) is 1. The van der Waals surface area contributed by atoms with E-state index in [-0.39, 0.29) is 24.0 Å². The summed E-state index contributed by atoms with van der Waals surface area (Å²) in [6.07, 6.45) is 2.30. The quantitative estimate of drug-likeness (QED) is 0.307. The fraction of sp³-hybridized carbons (Fsp3) is 0.846. The highest BCUT2D eigenvalue weighted by atomic mass is 16.6. The van der Waals surface area contributed by atoms with Crippen molar-refractivity contribution in [2.45, 2.75) is 124 Å². The van der Waals surface area contributed by atoms with E-state index in [4.69, 9.17) is 15.2 Å². The van der Waals surface area contributed by atoms with Crippen LogP contribution in [-0.4, -0.2) is 65.5 Å². The van der Waals surface area contributed by atoms with Crippen molar-refractivity contribution in [3.05, 3.63) is 0 Å². The van der Waals surface area contributed by atoms with Crippen LogP contribution in [0.15, 0.2) is 0 Å². The normalized spacial score (nSPS) is 14.0. The van der Waals surface area contributed by atoms with Crippen LogP contribution >= 0.6 is 0 Å². The Morgan fingerprint density at radius 1 is 0.829 bits per heavy atom. The van der Waals surface area contributed by atoms with Gasteiger partial charge in [0.15, 0.2) is 0 Å². The number of esters is 2. The maximum atomic E-state index is 13.1. The molecule has 0 fully saturated rings. The summed E-state index contributed by atoms with van der Waals surface area (Å²) >= 11 is 0. The standard InChI is InChI=1S/C26H49N3O6/c1-24(2,3)17-18(30)14-15-19(21(31)34-25(4,5)6)28-23(33)29(10)20(13-11-12-16-27)22(32)35-26(7,8)9/h19-20H,11-17,27H2,1-10H3,(H,28,33)/t19-,20-/m0/s1. The molecule has 204 valence electrons. The predicted molar refractivity (Wildman–Crippen MR) is 137 cm³/mol. The van der Waals surface area contributed by atoms with E-state index < -0.39 is 41.3 Å². The van der Waals surface area contributed by atoms with Gasteiger partial charge >= 0.3 is 18.0 Å². The van der Waals surface area contributed by atoms with E-state index in [1.165, 1.54) is 11.9 Å². The second-order valence-corrected chi connectivity index (χ2v) is 12.3. The lowest BCUT2D eigenvalue weighted by molar-refractivity contribution is -0.160. The van der Waals surface area contributed by atoms with E-state index in [0.29, 0.717) is 32.2 Å². The third-order valence-electron chi connectivity index (χ3n) is 4.83. The second-order valence-electron chi connectivity index (χ2n) is 12.3. The molecule has 0 aromatic rings. The molecule has 2 atom stereocenters. The molecule has 0 rings (SSSR count). The third-order valence-corrected chi connectivity index (χ3v) is 4.83. The molecule has 9 heteroatoms. The number of rotatable bonds is 12. The van der Waals surface area contributed by atoms with Crippen molar-refractivity contribution in [1.29, 1.82) is 0 Å². The van der Waals surface area contributed by atoms with Gasteiger partial charge in [-0.3, -0.25) is 4.79 Å². The Bertz CT molecular complexity index is 716. The summed E-state index contributed by atoms with van der Waals surface area (Å²) in [6.45, 7) is 16.8. The second kappa shape index (κ2) is 13.8. The SMILES string of the molecule is CN(C(=O)N[C@@H](CCC(=O)CC(C)(C)C)C(=O)OC(C)(C)C)[C@@H](CCCCN)C(=O)OC(C)(C)C. The highest BCUT2D eigenvalue weighted by Gasteiger charge is 2.34. The van der Waals surface area contributed by atoms with Crippen LogP contribution in [0.3, 0.4) is 0 Å². The number of hydrogen-bond acceptors (Lipinski definition) is 7. The van der Waals surface area contributed by atoms with Crippen LogP contribution in [0.2, 0.25) is 0 Å². The van der Waals surface area contributed by atoms with Crippen molar-refractivity contribution in [2.24, 2.45) is 11.1 Å². The average Bonchev–Trinajstić information content (AvgIpc) is 2.63. The molecule has 0 aromatic heterocycles. The molecule has 0 heterocycles. The lowest BCUT2D eigenvalue weighted by Crippen LogP contribution is -2.53. The molecular formula is C26H49N3O6. The Labute approximate surface area is 211 Å². The van der Waals surface area contributed by atoms with Gasteiger partial charge in [-0.05, 0) is 79.2 Å². The zero-order chi connectivity index (χ0) is 27.6. The van der Waals surface area contributed by atoms with Crippen molar-refractivity contribution >= 4 is 23.8 Å². The number of urea groups is 1. The Kier molecular flexibility index (Phi) is 13.0. The van der Waals surface area contributed by atoms with Crippen molar-refractivity contribution in [3.8, 4) is 0 Å². The predicted octanol–water partition coefficient (Wildman–Crippen LogP) is 3.96. The number of nitrogens with two attached hydrogens (primary N) is 1. The number of Topliss-reactive ketones (excluding diaryl/α,β-unsaturated/α-hetero) is 1. The minimum atomic E-state index is -1.03. The summed E-state index contributed by atoms with van der Waals surface area (Å²) in [7, 11) is 1.49. The van der Waals surface area contributed by atoms with Crippen molar-refractivity contribution in [2.75, 3.05) is 13.6 Å². The van der Waals surface area contributed by atoms with Gasteiger partial charge in [-0.25, -0.2) is 14.4 Å². The van der Waals surface area contributed by atoms with Crippen LogP contribution in [0.25, 0.3) is 0 Å². The average molecular weight is 500 g/mol. The highest BCUT2D eigenvalue weighted by molar-refractivity contribution is 5.88. The van der Waals surface area contributed by atoms with Crippen molar-refractivity contribution in [1.82, 2.24) is 10.2 Å². The van der Waals surface area contributed by atoms with Gasteiger partial charge in [0, 0.05) is 19.9 Å². The van der Waals surface area contributed by atoms with Gasteiger partial charge in [-0.1, -0.05) is 20.8 Å². The molecule has 0 spiro atoms. The molecule has 2 amide bonds. The molecule has 0 radical (unpaired) electrons. The Balaban J connectivity index is 5.60. The van der Waals surface area contributed by atoms with Gasteiger partial charge in [0.1, 0.15) is 29.1 Å². The van der Waals surface area contributed by atoms with Crippen LogP contribution in [0.1, 0.15) is 101 Å². The summed E-state index contributed by atoms with van der Waals surface area (Å²) in [6, 6.07) is -2.49. The number of nitrogens with zero attached hydrogens (tertiary/aromatic N) is 1. The van der Waals surface area contributed by atoms with E-state index in [1.54, 1.807) is 41.5 Å². The van der Waals surface area contributed by atoms with Crippen molar-refractivity contribution < 1.29 is 28.7 Å². The molecule has 0 saturated carbocycles. The van der Waals surface area contributed by atoms with Crippen LogP contribution in [0.5, 0.6) is 0 Å². The van der Waals surface area contributed by atoms with Gasteiger partial charge in [0.2, 0.25) is 0 Å². The first-order valence-corrected chi connectivity index (χ1v) is 12.5. The number of ketones is 1. The number of carbonyl (C=O) groups excluding carboxylic acids is 4. The van der Waals surface area contributed by atoms with E-state index >= 15 is 0 Å². The molecule has 0 saturated heterocycles. The molecule has 0 aromatic carbocycles. The van der Waals surface area contributed by atoms with Crippen LogP contribution in [0, 0.1) is 5.41 Å². The summed E-state index contributed by atoms with van der Waals surface area (Å²) in [5, 5.41) is 2.67. The number of unbranched alkanes of at least 4 members (excludes halogenated alkanes) is 1.